The molecule has 0 spiro atoms. The van der Waals surface area contributed by atoms with Crippen LogP contribution < -0.4 is 5.32 Å². The van der Waals surface area contributed by atoms with Crippen LogP contribution in [0.2, 0.25) is 0 Å². The van der Waals surface area contributed by atoms with E-state index in [9.17, 15) is 15.0 Å². The molecule has 0 saturated heterocycles. The number of fused-ring (bicyclic) bond motifs is 5. The molecule has 0 bridgehead atoms. The first-order valence-electron chi connectivity index (χ1n) is 13.8. The summed E-state index contributed by atoms with van der Waals surface area (Å²) in [5, 5.41) is 25.0. The number of aromatic nitrogens is 1. The number of amides is 1. The number of carbonyl (C=O) groups is 1. The Balaban J connectivity index is 1.26. The van der Waals surface area contributed by atoms with Crippen molar-refractivity contribution in [1.29, 1.82) is 0 Å². The standard InChI is InChI=1S/C29H44N2O3/c1-18(4-9-27(34)31-20-11-14-30-15-12-20)23-7-8-24-22-6-5-19-16-21(32)10-13-28(19,2)25(22)17-26(33)29(23,24)3/h11-12,14-15,18-19,21-26,32-33H,4-10,13,16-17H2,1-3H3,(H,30,31,34)/t18-,19-,21-,22+,23-,24+,25+,26+,28+,29-/m1/s1. The fourth-order valence-corrected chi connectivity index (χ4v) is 9.38. The zero-order valence-electron chi connectivity index (χ0n) is 21.2. The van der Waals surface area contributed by atoms with Gasteiger partial charge in [0.15, 0.2) is 0 Å². The Hall–Kier alpha value is -1.46. The Morgan fingerprint density at radius 3 is 2.62 bits per heavy atom. The highest BCUT2D eigenvalue weighted by molar-refractivity contribution is 5.90. The molecule has 34 heavy (non-hydrogen) atoms. The summed E-state index contributed by atoms with van der Waals surface area (Å²) in [4.78, 5) is 16.5. The number of carbonyl (C=O) groups excluding carboxylic acids is 1. The lowest BCUT2D eigenvalue weighted by atomic mass is 9.43. The summed E-state index contributed by atoms with van der Waals surface area (Å²) in [7, 11) is 0. The minimum atomic E-state index is -0.262. The van der Waals surface area contributed by atoms with Crippen LogP contribution in [-0.4, -0.2) is 33.3 Å². The maximum Gasteiger partial charge on any atom is 0.224 e. The van der Waals surface area contributed by atoms with Gasteiger partial charge in [-0.15, -0.1) is 0 Å². The molecule has 1 heterocycles. The van der Waals surface area contributed by atoms with Gasteiger partial charge in [-0.3, -0.25) is 9.78 Å². The molecule has 3 N–H and O–H groups in total. The SMILES string of the molecule is C[C@H](CCC(=O)Nc1ccncc1)[C@H]1CC[C@H]2[C@@H]3CC[C@@H]4C[C@H](O)CC[C@]4(C)[C@H]3C[C@H](O)[C@]12C. The lowest BCUT2D eigenvalue weighted by molar-refractivity contribution is -0.174. The molecule has 1 aromatic rings. The first kappa shape index (κ1) is 24.2. The molecular weight excluding hydrogens is 424 g/mol. The number of aliphatic hydroxyl groups excluding tert-OH is 2. The number of hydrogen-bond acceptors (Lipinski definition) is 4. The van der Waals surface area contributed by atoms with Crippen molar-refractivity contribution in [2.24, 2.45) is 46.3 Å². The molecule has 5 heteroatoms. The maximum absolute atomic E-state index is 12.5. The second-order valence-electron chi connectivity index (χ2n) is 12.7. The summed E-state index contributed by atoms with van der Waals surface area (Å²) in [6.07, 6.45) is 13.2. The molecule has 1 amide bonds. The van der Waals surface area contributed by atoms with Crippen LogP contribution in [0.5, 0.6) is 0 Å². The normalized spacial score (nSPS) is 44.4. The van der Waals surface area contributed by atoms with E-state index in [1.165, 1.54) is 25.7 Å². The van der Waals surface area contributed by atoms with Crippen molar-refractivity contribution in [1.82, 2.24) is 4.98 Å². The van der Waals surface area contributed by atoms with E-state index < -0.39 is 0 Å². The zero-order chi connectivity index (χ0) is 24.1. The van der Waals surface area contributed by atoms with Gasteiger partial charge in [-0.05, 0) is 116 Å². The lowest BCUT2D eigenvalue weighted by Crippen LogP contribution is -2.58. The van der Waals surface area contributed by atoms with Crippen molar-refractivity contribution in [3.8, 4) is 0 Å². The Labute approximate surface area is 205 Å². The molecule has 5 rings (SSSR count). The van der Waals surface area contributed by atoms with E-state index in [-0.39, 0.29) is 28.9 Å². The average Bonchev–Trinajstić information content (AvgIpc) is 3.18. The van der Waals surface area contributed by atoms with Crippen LogP contribution in [0.1, 0.15) is 85.0 Å². The van der Waals surface area contributed by atoms with Gasteiger partial charge in [-0.25, -0.2) is 0 Å². The van der Waals surface area contributed by atoms with E-state index in [0.29, 0.717) is 41.9 Å². The Morgan fingerprint density at radius 1 is 1.09 bits per heavy atom. The van der Waals surface area contributed by atoms with E-state index in [1.54, 1.807) is 12.4 Å². The summed E-state index contributed by atoms with van der Waals surface area (Å²) in [5.41, 5.74) is 1.03. The highest BCUT2D eigenvalue weighted by Crippen LogP contribution is 2.68. The van der Waals surface area contributed by atoms with Gasteiger partial charge in [-0.2, -0.15) is 0 Å². The number of rotatable bonds is 5. The van der Waals surface area contributed by atoms with Crippen molar-refractivity contribution in [3.05, 3.63) is 24.5 Å². The van der Waals surface area contributed by atoms with Gasteiger partial charge in [0.2, 0.25) is 5.91 Å². The van der Waals surface area contributed by atoms with Gasteiger partial charge in [-0.1, -0.05) is 20.8 Å². The fraction of sp³-hybridized carbons (Fsp3) is 0.793. The van der Waals surface area contributed by atoms with Gasteiger partial charge < -0.3 is 15.5 Å². The molecule has 0 aromatic carbocycles. The van der Waals surface area contributed by atoms with Gasteiger partial charge in [0.05, 0.1) is 12.2 Å². The van der Waals surface area contributed by atoms with Crippen molar-refractivity contribution in [2.75, 3.05) is 5.32 Å². The number of anilines is 1. The van der Waals surface area contributed by atoms with Crippen LogP contribution in [0.3, 0.4) is 0 Å². The second-order valence-corrected chi connectivity index (χ2v) is 12.7. The molecular formula is C29H44N2O3. The monoisotopic (exact) mass is 468 g/mol. The van der Waals surface area contributed by atoms with E-state index in [4.69, 9.17) is 0 Å². The molecule has 0 aliphatic heterocycles. The van der Waals surface area contributed by atoms with Gasteiger partial charge in [0, 0.05) is 24.5 Å². The second kappa shape index (κ2) is 9.20. The lowest BCUT2D eigenvalue weighted by Gasteiger charge is -2.62. The van der Waals surface area contributed by atoms with E-state index in [0.717, 1.165) is 37.8 Å². The van der Waals surface area contributed by atoms with Crippen LogP contribution in [0.15, 0.2) is 24.5 Å². The average molecular weight is 469 g/mol. The molecule has 188 valence electrons. The molecule has 4 aliphatic carbocycles. The van der Waals surface area contributed by atoms with Crippen molar-refractivity contribution < 1.29 is 15.0 Å². The van der Waals surface area contributed by atoms with E-state index >= 15 is 0 Å². The van der Waals surface area contributed by atoms with Crippen molar-refractivity contribution in [3.63, 3.8) is 0 Å². The summed E-state index contributed by atoms with van der Waals surface area (Å²) in [5.74, 6) is 3.45. The number of nitrogens with zero attached hydrogens (tertiary/aromatic N) is 1. The minimum Gasteiger partial charge on any atom is -0.393 e. The molecule has 10 atom stereocenters. The number of hydrogen-bond donors (Lipinski definition) is 3. The van der Waals surface area contributed by atoms with Crippen molar-refractivity contribution in [2.45, 2.75) is 97.2 Å². The third kappa shape index (κ3) is 4.01. The fourth-order valence-electron chi connectivity index (χ4n) is 9.38. The third-order valence-corrected chi connectivity index (χ3v) is 11.3. The molecule has 5 nitrogen and oxygen atoms in total. The Bertz CT molecular complexity index is 877. The van der Waals surface area contributed by atoms with Gasteiger partial charge >= 0.3 is 0 Å². The van der Waals surface area contributed by atoms with Crippen LogP contribution in [0.25, 0.3) is 0 Å². The topological polar surface area (TPSA) is 82.5 Å². The predicted octanol–water partition coefficient (Wildman–Crippen LogP) is 5.43. The third-order valence-electron chi connectivity index (χ3n) is 11.3. The van der Waals surface area contributed by atoms with Crippen molar-refractivity contribution >= 4 is 11.6 Å². The van der Waals surface area contributed by atoms with Crippen LogP contribution >= 0.6 is 0 Å². The molecule has 0 unspecified atom stereocenters. The molecule has 1 aromatic heterocycles. The zero-order valence-corrected chi connectivity index (χ0v) is 21.2. The molecule has 0 radical (unpaired) electrons. The summed E-state index contributed by atoms with van der Waals surface area (Å²) < 4.78 is 0. The van der Waals surface area contributed by atoms with Crippen LogP contribution in [0, 0.1) is 46.3 Å². The van der Waals surface area contributed by atoms with Crippen LogP contribution in [-0.2, 0) is 4.79 Å². The van der Waals surface area contributed by atoms with E-state index in [1.807, 2.05) is 12.1 Å². The number of aliphatic hydroxyl groups is 2. The quantitative estimate of drug-likeness (QED) is 0.538. The highest BCUT2D eigenvalue weighted by atomic mass is 16.3. The number of nitrogens with one attached hydrogen (secondary N) is 1. The van der Waals surface area contributed by atoms with Crippen LogP contribution in [0.4, 0.5) is 5.69 Å². The number of pyridine rings is 1. The smallest absolute Gasteiger partial charge is 0.224 e. The largest absolute Gasteiger partial charge is 0.393 e. The van der Waals surface area contributed by atoms with Gasteiger partial charge in [0.25, 0.3) is 0 Å². The summed E-state index contributed by atoms with van der Waals surface area (Å²) in [6, 6.07) is 3.64. The molecule has 4 fully saturated rings. The summed E-state index contributed by atoms with van der Waals surface area (Å²) in [6.45, 7) is 7.16. The highest BCUT2D eigenvalue weighted by Gasteiger charge is 2.63. The summed E-state index contributed by atoms with van der Waals surface area (Å²) >= 11 is 0. The van der Waals surface area contributed by atoms with E-state index in [2.05, 4.69) is 31.1 Å². The first-order valence-corrected chi connectivity index (χ1v) is 13.8. The first-order chi connectivity index (χ1) is 16.2. The predicted molar refractivity (Wildman–Crippen MR) is 134 cm³/mol. The molecule has 4 aliphatic rings. The molecule has 4 saturated carbocycles. The Kier molecular flexibility index (Phi) is 6.56. The minimum absolute atomic E-state index is 0.0421. The maximum atomic E-state index is 12.5. The van der Waals surface area contributed by atoms with Gasteiger partial charge in [0.1, 0.15) is 0 Å². The Morgan fingerprint density at radius 2 is 1.85 bits per heavy atom.